The molecule has 0 saturated carbocycles. The molecule has 2 aromatic carbocycles. The summed E-state index contributed by atoms with van der Waals surface area (Å²) in [7, 11) is 0. The monoisotopic (exact) mass is 377 g/mol. The third-order valence-electron chi connectivity index (χ3n) is 5.08. The minimum absolute atomic E-state index is 0.258. The van der Waals surface area contributed by atoms with Gasteiger partial charge in [0.15, 0.2) is 5.82 Å². The molecule has 1 aliphatic heterocycles. The molecule has 1 aromatic heterocycles. The highest BCUT2D eigenvalue weighted by molar-refractivity contribution is 5.95. The summed E-state index contributed by atoms with van der Waals surface area (Å²) in [4.78, 5) is 16.7. The van der Waals surface area contributed by atoms with Crippen LogP contribution in [0, 0.1) is 19.7 Å². The summed E-state index contributed by atoms with van der Waals surface area (Å²) >= 11 is 0. The number of aryl methyl sites for hydroxylation is 2. The van der Waals surface area contributed by atoms with Gasteiger partial charge < -0.3 is 11.1 Å². The Hall–Kier alpha value is -3.48. The Kier molecular flexibility index (Phi) is 4.22. The van der Waals surface area contributed by atoms with Crippen molar-refractivity contribution in [2.24, 2.45) is 5.73 Å². The van der Waals surface area contributed by atoms with Gasteiger partial charge in [-0.05, 0) is 44.0 Å². The van der Waals surface area contributed by atoms with E-state index in [9.17, 15) is 9.18 Å². The number of rotatable bonds is 3. The average Bonchev–Trinajstić information content (AvgIpc) is 3.06. The maximum atomic E-state index is 14.6. The number of nitrogens with two attached hydrogens (primary N) is 1. The summed E-state index contributed by atoms with van der Waals surface area (Å²) < 4.78 is 16.1. The summed E-state index contributed by atoms with van der Waals surface area (Å²) in [6.45, 7) is 5.78. The average molecular weight is 377 g/mol. The van der Waals surface area contributed by atoms with Crippen LogP contribution < -0.4 is 11.1 Å². The maximum absolute atomic E-state index is 14.6. The number of carbonyl (C=O) groups excluding carboxylic acids is 1. The topological polar surface area (TPSA) is 85.8 Å². The van der Waals surface area contributed by atoms with Crippen LogP contribution in [-0.4, -0.2) is 20.7 Å². The molecule has 0 saturated heterocycles. The number of hydrogen-bond acceptors (Lipinski definition) is 4. The van der Waals surface area contributed by atoms with Gasteiger partial charge in [0.25, 0.3) is 0 Å². The number of anilines is 1. The lowest BCUT2D eigenvalue weighted by molar-refractivity contribution is -0.115. The van der Waals surface area contributed by atoms with Gasteiger partial charge >= 0.3 is 0 Å². The number of fused-ring (bicyclic) bond motifs is 1. The van der Waals surface area contributed by atoms with Gasteiger partial charge in [-0.3, -0.25) is 4.79 Å². The highest BCUT2D eigenvalue weighted by Crippen LogP contribution is 2.37. The van der Waals surface area contributed by atoms with E-state index in [-0.39, 0.29) is 5.57 Å². The molecule has 28 heavy (non-hydrogen) atoms. The Morgan fingerprint density at radius 1 is 1.14 bits per heavy atom. The van der Waals surface area contributed by atoms with Crippen LogP contribution in [0.25, 0.3) is 11.4 Å². The van der Waals surface area contributed by atoms with Crippen LogP contribution in [0.3, 0.4) is 0 Å². The smallest absolute Gasteiger partial charge is 0.248 e. The van der Waals surface area contributed by atoms with Crippen molar-refractivity contribution in [1.82, 2.24) is 14.8 Å². The standard InChI is InChI=1S/C21H20FN5O/c1-11-8-9-14(10-12(11)2)20-25-21-24-13(3)17(19(23)28)18(27(21)26-20)15-6-4-5-7-16(15)22/h4-10,18H,1-3H3,(H2,23,28)(H,24,25,26). The highest BCUT2D eigenvalue weighted by Gasteiger charge is 2.34. The Balaban J connectivity index is 1.90. The number of nitrogens with one attached hydrogen (secondary N) is 1. The van der Waals surface area contributed by atoms with E-state index in [1.807, 2.05) is 32.0 Å². The van der Waals surface area contributed by atoms with Gasteiger partial charge in [-0.25, -0.2) is 9.07 Å². The molecule has 0 fully saturated rings. The molecule has 6 nitrogen and oxygen atoms in total. The van der Waals surface area contributed by atoms with Crippen molar-refractivity contribution in [3.8, 4) is 11.4 Å². The number of allylic oxidation sites excluding steroid dienone is 1. The summed E-state index contributed by atoms with van der Waals surface area (Å²) in [5.41, 5.74) is 9.87. The molecular formula is C21H20FN5O. The van der Waals surface area contributed by atoms with Crippen LogP contribution in [0.15, 0.2) is 53.7 Å². The molecule has 0 bridgehead atoms. The molecule has 1 aliphatic rings. The summed E-state index contributed by atoms with van der Waals surface area (Å²) in [5, 5.41) is 7.66. The number of nitrogens with zero attached hydrogens (tertiary/aromatic N) is 3. The van der Waals surface area contributed by atoms with E-state index in [1.54, 1.807) is 25.1 Å². The first-order valence-corrected chi connectivity index (χ1v) is 8.93. The number of primary amides is 1. The first kappa shape index (κ1) is 17.9. The van der Waals surface area contributed by atoms with Crippen LogP contribution in [-0.2, 0) is 4.79 Å². The van der Waals surface area contributed by atoms with Crippen LogP contribution in [0.2, 0.25) is 0 Å². The maximum Gasteiger partial charge on any atom is 0.248 e. The Morgan fingerprint density at radius 3 is 2.57 bits per heavy atom. The molecule has 4 rings (SSSR count). The number of carbonyl (C=O) groups is 1. The fraction of sp³-hybridized carbons (Fsp3) is 0.190. The predicted octanol–water partition coefficient (Wildman–Crippen LogP) is 3.48. The van der Waals surface area contributed by atoms with Crippen LogP contribution in [0.5, 0.6) is 0 Å². The molecule has 0 spiro atoms. The SMILES string of the molecule is CC1=C(C(N)=O)C(c2ccccc2F)n2nc(-c3ccc(C)c(C)c3)nc2N1. The molecule has 3 N–H and O–H groups in total. The predicted molar refractivity (Wildman–Crippen MR) is 105 cm³/mol. The second kappa shape index (κ2) is 6.60. The van der Waals surface area contributed by atoms with E-state index in [0.29, 0.717) is 23.0 Å². The number of aromatic nitrogens is 3. The third-order valence-corrected chi connectivity index (χ3v) is 5.08. The van der Waals surface area contributed by atoms with Crippen molar-refractivity contribution < 1.29 is 9.18 Å². The van der Waals surface area contributed by atoms with Crippen molar-refractivity contribution in [2.45, 2.75) is 26.8 Å². The van der Waals surface area contributed by atoms with Crippen molar-refractivity contribution in [1.29, 1.82) is 0 Å². The largest absolute Gasteiger partial charge is 0.366 e. The van der Waals surface area contributed by atoms with Crippen molar-refractivity contribution in [3.05, 3.63) is 76.2 Å². The Labute approximate surface area is 161 Å². The minimum Gasteiger partial charge on any atom is -0.366 e. The van der Waals surface area contributed by atoms with E-state index in [0.717, 1.165) is 11.1 Å². The molecule has 3 aromatic rings. The molecule has 1 atom stereocenters. The lowest BCUT2D eigenvalue weighted by Crippen LogP contribution is -2.32. The second-order valence-electron chi connectivity index (χ2n) is 6.95. The lowest BCUT2D eigenvalue weighted by Gasteiger charge is -2.27. The van der Waals surface area contributed by atoms with Crippen molar-refractivity contribution in [3.63, 3.8) is 0 Å². The zero-order valence-corrected chi connectivity index (χ0v) is 15.8. The number of halogens is 1. The number of amides is 1. The molecule has 1 unspecified atom stereocenters. The molecule has 142 valence electrons. The van der Waals surface area contributed by atoms with Gasteiger partial charge in [0.05, 0.1) is 5.57 Å². The fourth-order valence-corrected chi connectivity index (χ4v) is 3.46. The molecule has 0 aliphatic carbocycles. The van der Waals surface area contributed by atoms with Gasteiger partial charge in [-0.1, -0.05) is 30.3 Å². The van der Waals surface area contributed by atoms with E-state index in [1.165, 1.54) is 16.3 Å². The third kappa shape index (κ3) is 2.85. The van der Waals surface area contributed by atoms with Crippen molar-refractivity contribution >= 4 is 11.9 Å². The first-order chi connectivity index (χ1) is 13.4. The van der Waals surface area contributed by atoms with Crippen LogP contribution in [0.1, 0.15) is 29.7 Å². The normalized spacial score (nSPS) is 15.9. The number of benzene rings is 2. The molecule has 2 heterocycles. The van der Waals surface area contributed by atoms with Crippen LogP contribution in [0.4, 0.5) is 10.3 Å². The summed E-state index contributed by atoms with van der Waals surface area (Å²) in [6, 6.07) is 11.5. The summed E-state index contributed by atoms with van der Waals surface area (Å²) in [5.74, 6) is -0.142. The minimum atomic E-state index is -0.789. The Morgan fingerprint density at radius 2 is 1.89 bits per heavy atom. The zero-order valence-electron chi connectivity index (χ0n) is 15.8. The van der Waals surface area contributed by atoms with Gasteiger partial charge in [0.2, 0.25) is 11.9 Å². The van der Waals surface area contributed by atoms with E-state index in [2.05, 4.69) is 15.4 Å². The van der Waals surface area contributed by atoms with E-state index < -0.39 is 17.8 Å². The molecule has 0 radical (unpaired) electrons. The van der Waals surface area contributed by atoms with Crippen molar-refractivity contribution in [2.75, 3.05) is 5.32 Å². The van der Waals surface area contributed by atoms with Gasteiger partial charge in [0, 0.05) is 16.8 Å². The second-order valence-corrected chi connectivity index (χ2v) is 6.95. The van der Waals surface area contributed by atoms with Gasteiger partial charge in [-0.15, -0.1) is 5.10 Å². The molecular weight excluding hydrogens is 357 g/mol. The lowest BCUT2D eigenvalue weighted by atomic mass is 9.95. The zero-order chi connectivity index (χ0) is 20.0. The molecule has 7 heteroatoms. The van der Waals surface area contributed by atoms with E-state index in [4.69, 9.17) is 5.73 Å². The highest BCUT2D eigenvalue weighted by atomic mass is 19.1. The quantitative estimate of drug-likeness (QED) is 0.732. The molecule has 1 amide bonds. The van der Waals surface area contributed by atoms with Gasteiger partial charge in [-0.2, -0.15) is 4.98 Å². The Bertz CT molecular complexity index is 1130. The van der Waals surface area contributed by atoms with Gasteiger partial charge in [0.1, 0.15) is 11.9 Å². The fourth-order valence-electron chi connectivity index (χ4n) is 3.46. The van der Waals surface area contributed by atoms with Crippen LogP contribution >= 0.6 is 0 Å². The van der Waals surface area contributed by atoms with E-state index >= 15 is 0 Å². The number of hydrogen-bond donors (Lipinski definition) is 2. The summed E-state index contributed by atoms with van der Waals surface area (Å²) in [6.07, 6.45) is 0. The first-order valence-electron chi connectivity index (χ1n) is 8.93.